The van der Waals surface area contributed by atoms with Gasteiger partial charge in [0, 0.05) is 36.4 Å². The second kappa shape index (κ2) is 12.9. The van der Waals surface area contributed by atoms with E-state index in [2.05, 4.69) is 51.1 Å². The van der Waals surface area contributed by atoms with Crippen LogP contribution in [0.1, 0.15) is 65.3 Å². The van der Waals surface area contributed by atoms with Gasteiger partial charge in [-0.2, -0.15) is 0 Å². The van der Waals surface area contributed by atoms with E-state index >= 15 is 0 Å². The van der Waals surface area contributed by atoms with Gasteiger partial charge in [0.1, 0.15) is 11.5 Å². The van der Waals surface area contributed by atoms with Gasteiger partial charge in [-0.1, -0.05) is 106 Å². The van der Waals surface area contributed by atoms with Gasteiger partial charge in [-0.25, -0.2) is 0 Å². The fourth-order valence-corrected chi connectivity index (χ4v) is 5.09. The molecular formula is C39H38N2O2. The molecule has 0 saturated heterocycles. The second-order valence-corrected chi connectivity index (χ2v) is 12.0. The van der Waals surface area contributed by atoms with E-state index in [9.17, 15) is 10.2 Å². The zero-order valence-corrected chi connectivity index (χ0v) is 25.3. The highest BCUT2D eigenvalue weighted by Crippen LogP contribution is 2.34. The van der Waals surface area contributed by atoms with Crippen LogP contribution >= 0.6 is 0 Å². The normalized spacial score (nSPS) is 11.9. The Labute approximate surface area is 254 Å². The van der Waals surface area contributed by atoms with E-state index in [-0.39, 0.29) is 16.9 Å². The van der Waals surface area contributed by atoms with Crippen LogP contribution in [0.15, 0.2) is 119 Å². The van der Waals surface area contributed by atoms with Crippen LogP contribution in [0.25, 0.3) is 0 Å². The predicted octanol–water partition coefficient (Wildman–Crippen LogP) is 9.39. The molecule has 0 atom stereocenters. The Kier molecular flexibility index (Phi) is 8.87. The van der Waals surface area contributed by atoms with Gasteiger partial charge in [-0.15, -0.1) is 0 Å². The fourth-order valence-electron chi connectivity index (χ4n) is 5.09. The minimum atomic E-state index is -0.0981. The third kappa shape index (κ3) is 7.47. The number of para-hydroxylation sites is 2. The summed E-state index contributed by atoms with van der Waals surface area (Å²) in [5.41, 5.74) is 8.74. The number of nitrogens with zero attached hydrogens (tertiary/aromatic N) is 2. The first-order valence-electron chi connectivity index (χ1n) is 14.6. The van der Waals surface area contributed by atoms with Crippen LogP contribution in [0.4, 0.5) is 11.4 Å². The zero-order valence-electron chi connectivity index (χ0n) is 25.3. The minimum absolute atomic E-state index is 0.0981. The summed E-state index contributed by atoms with van der Waals surface area (Å²) in [6.07, 6.45) is 4.68. The van der Waals surface area contributed by atoms with Gasteiger partial charge in [0.2, 0.25) is 0 Å². The molecule has 0 bridgehead atoms. The van der Waals surface area contributed by atoms with E-state index in [1.54, 1.807) is 12.4 Å². The van der Waals surface area contributed by atoms with Gasteiger partial charge in [-0.05, 0) is 70.0 Å². The molecule has 0 spiro atoms. The number of aryl methyl sites for hydroxylation is 1. The molecule has 0 aromatic heterocycles. The van der Waals surface area contributed by atoms with Crippen LogP contribution in [-0.2, 0) is 18.3 Å². The molecule has 0 aliphatic rings. The average molecular weight is 567 g/mol. The van der Waals surface area contributed by atoms with Crippen LogP contribution in [0, 0.1) is 6.92 Å². The van der Waals surface area contributed by atoms with Crippen LogP contribution < -0.4 is 0 Å². The summed E-state index contributed by atoms with van der Waals surface area (Å²) < 4.78 is 0. The number of benzene rings is 5. The molecule has 5 rings (SSSR count). The van der Waals surface area contributed by atoms with Crippen molar-refractivity contribution in [2.75, 3.05) is 0 Å². The third-order valence-corrected chi connectivity index (χ3v) is 7.49. The molecule has 4 nitrogen and oxygen atoms in total. The van der Waals surface area contributed by atoms with Crippen molar-refractivity contribution in [1.82, 2.24) is 0 Å². The number of hydrogen-bond donors (Lipinski definition) is 2. The van der Waals surface area contributed by atoms with Gasteiger partial charge in [0.05, 0.1) is 11.4 Å². The minimum Gasteiger partial charge on any atom is -0.507 e. The quantitative estimate of drug-likeness (QED) is 0.184. The molecule has 5 aromatic rings. The number of phenols is 2. The molecule has 4 heteroatoms. The van der Waals surface area contributed by atoms with Gasteiger partial charge < -0.3 is 10.2 Å². The maximum absolute atomic E-state index is 11.3. The summed E-state index contributed by atoms with van der Waals surface area (Å²) >= 11 is 0. The molecule has 0 heterocycles. The first-order valence-corrected chi connectivity index (χ1v) is 14.6. The summed E-state index contributed by atoms with van der Waals surface area (Å²) in [6.45, 7) is 8.53. The molecule has 0 unspecified atom stereocenters. The lowest BCUT2D eigenvalue weighted by atomic mass is 9.84. The molecule has 216 valence electrons. The highest BCUT2D eigenvalue weighted by molar-refractivity contribution is 5.90. The Bertz CT molecular complexity index is 1770. The number of rotatable bonds is 8. The maximum Gasteiger partial charge on any atom is 0.127 e. The lowest BCUT2D eigenvalue weighted by molar-refractivity contribution is 0.467. The van der Waals surface area contributed by atoms with Crippen LogP contribution in [0.5, 0.6) is 11.5 Å². The van der Waals surface area contributed by atoms with Crippen molar-refractivity contribution in [2.24, 2.45) is 9.98 Å². The summed E-state index contributed by atoms with van der Waals surface area (Å²) in [7, 11) is 0. The summed E-state index contributed by atoms with van der Waals surface area (Å²) in [5, 5.41) is 22.4. The molecule has 0 aliphatic carbocycles. The van der Waals surface area contributed by atoms with Crippen molar-refractivity contribution < 1.29 is 10.2 Å². The molecule has 43 heavy (non-hydrogen) atoms. The topological polar surface area (TPSA) is 65.2 Å². The largest absolute Gasteiger partial charge is 0.507 e. The predicted molar refractivity (Wildman–Crippen MR) is 179 cm³/mol. The highest BCUT2D eigenvalue weighted by atomic mass is 16.3. The van der Waals surface area contributed by atoms with Crippen molar-refractivity contribution in [2.45, 2.75) is 46.0 Å². The standard InChI is InChI=1S/C39H38N2O2/c1-27-19-30(21-28-13-7-5-8-14-28)37(42)32(20-27)25-40-35-17-11-12-18-36(35)41-26-33-24-34(39(2,3)4)23-31(38(33)43)22-29-15-9-6-10-16-29/h5-20,23-26,42-43H,21-22H2,1-4H3. The van der Waals surface area contributed by atoms with Crippen molar-refractivity contribution in [1.29, 1.82) is 0 Å². The van der Waals surface area contributed by atoms with Gasteiger partial charge >= 0.3 is 0 Å². The smallest absolute Gasteiger partial charge is 0.127 e. The first-order chi connectivity index (χ1) is 20.7. The molecular weight excluding hydrogens is 528 g/mol. The maximum atomic E-state index is 11.3. The van der Waals surface area contributed by atoms with E-state index in [1.165, 1.54) is 0 Å². The Balaban J connectivity index is 1.46. The van der Waals surface area contributed by atoms with Crippen LogP contribution in [0.2, 0.25) is 0 Å². The molecule has 0 saturated carbocycles. The molecule has 0 amide bonds. The summed E-state index contributed by atoms with van der Waals surface area (Å²) in [4.78, 5) is 9.50. The SMILES string of the molecule is Cc1cc(C=Nc2ccccc2N=Cc2cc(C(C)(C)C)cc(Cc3ccccc3)c2O)c(O)c(Cc2ccccc2)c1. The van der Waals surface area contributed by atoms with Gasteiger partial charge in [0.15, 0.2) is 0 Å². The van der Waals surface area contributed by atoms with E-state index in [0.717, 1.165) is 33.4 Å². The highest BCUT2D eigenvalue weighted by Gasteiger charge is 2.18. The van der Waals surface area contributed by atoms with E-state index < -0.39 is 0 Å². The average Bonchev–Trinajstić information content (AvgIpc) is 2.99. The zero-order chi connectivity index (χ0) is 30.4. The lowest BCUT2D eigenvalue weighted by Gasteiger charge is -2.22. The van der Waals surface area contributed by atoms with E-state index in [4.69, 9.17) is 9.98 Å². The van der Waals surface area contributed by atoms with Gasteiger partial charge in [0.25, 0.3) is 0 Å². The van der Waals surface area contributed by atoms with Crippen molar-refractivity contribution in [3.8, 4) is 11.5 Å². The van der Waals surface area contributed by atoms with Crippen LogP contribution in [0.3, 0.4) is 0 Å². The monoisotopic (exact) mass is 566 g/mol. The molecule has 5 aromatic carbocycles. The molecule has 2 N–H and O–H groups in total. The third-order valence-electron chi connectivity index (χ3n) is 7.49. The first kappa shape index (κ1) is 29.5. The summed E-state index contributed by atoms with van der Waals surface area (Å²) in [6, 6.07) is 36.0. The number of phenolic OH excluding ortho intramolecular Hbond substituents is 2. The van der Waals surface area contributed by atoms with Crippen molar-refractivity contribution >= 4 is 23.8 Å². The lowest BCUT2D eigenvalue weighted by Crippen LogP contribution is -2.12. The molecule has 0 fully saturated rings. The molecule has 0 radical (unpaired) electrons. The van der Waals surface area contributed by atoms with Crippen LogP contribution in [-0.4, -0.2) is 22.6 Å². The second-order valence-electron chi connectivity index (χ2n) is 12.0. The Morgan fingerprint density at radius 2 is 1.02 bits per heavy atom. The van der Waals surface area contributed by atoms with Crippen molar-refractivity contribution in [3.05, 3.63) is 154 Å². The Morgan fingerprint density at radius 1 is 0.581 bits per heavy atom. The Hall–Kier alpha value is -4.96. The van der Waals surface area contributed by atoms with Crippen molar-refractivity contribution in [3.63, 3.8) is 0 Å². The summed E-state index contributed by atoms with van der Waals surface area (Å²) in [5.74, 6) is 0.464. The number of aliphatic imine (C=N–C) groups is 2. The van der Waals surface area contributed by atoms with Gasteiger partial charge in [-0.3, -0.25) is 9.98 Å². The van der Waals surface area contributed by atoms with E-state index in [1.807, 2.05) is 85.8 Å². The fraction of sp³-hybridized carbons (Fsp3) is 0.179. The number of aromatic hydroxyl groups is 2. The van der Waals surface area contributed by atoms with E-state index in [0.29, 0.717) is 35.3 Å². The number of hydrogen-bond acceptors (Lipinski definition) is 4. The molecule has 0 aliphatic heterocycles. The Morgan fingerprint density at radius 3 is 1.51 bits per heavy atom.